The zero-order valence-corrected chi connectivity index (χ0v) is 20.2. The number of rotatable bonds is 9. The molecule has 0 atom stereocenters. The molecule has 7 heteroatoms. The summed E-state index contributed by atoms with van der Waals surface area (Å²) in [5.74, 6) is 0.961. The fourth-order valence-corrected chi connectivity index (χ4v) is 3.70. The van der Waals surface area contributed by atoms with Crippen LogP contribution in [0.1, 0.15) is 29.2 Å². The second kappa shape index (κ2) is 11.7. The van der Waals surface area contributed by atoms with Crippen LogP contribution >= 0.6 is 27.5 Å². The van der Waals surface area contributed by atoms with Crippen molar-refractivity contribution in [1.29, 1.82) is 0 Å². The van der Waals surface area contributed by atoms with Crippen molar-refractivity contribution in [2.75, 3.05) is 6.61 Å². The number of amides is 1. The molecule has 0 bridgehead atoms. The Labute approximate surface area is 201 Å². The van der Waals surface area contributed by atoms with Crippen molar-refractivity contribution < 1.29 is 14.3 Å². The fourth-order valence-electron chi connectivity index (χ4n) is 2.94. The Bertz CT molecular complexity index is 1100. The number of halogens is 2. The summed E-state index contributed by atoms with van der Waals surface area (Å²) in [6, 6.07) is 19.0. The van der Waals surface area contributed by atoms with Crippen LogP contribution in [0, 0.1) is 6.92 Å². The molecule has 0 spiro atoms. The number of hydrogen-bond donors (Lipinski definition) is 1. The van der Waals surface area contributed by atoms with Gasteiger partial charge in [-0.25, -0.2) is 5.43 Å². The van der Waals surface area contributed by atoms with E-state index in [9.17, 15) is 4.79 Å². The number of aryl methyl sites for hydroxylation is 1. The second-order valence-corrected chi connectivity index (χ2v) is 8.36. The van der Waals surface area contributed by atoms with E-state index in [1.807, 2.05) is 74.5 Å². The molecule has 0 aromatic heterocycles. The highest BCUT2D eigenvalue weighted by Gasteiger charge is 2.13. The van der Waals surface area contributed by atoms with E-state index in [0.29, 0.717) is 34.2 Å². The first kappa shape index (κ1) is 23.8. The lowest BCUT2D eigenvalue weighted by Gasteiger charge is -2.15. The molecule has 0 saturated heterocycles. The zero-order valence-electron chi connectivity index (χ0n) is 17.9. The van der Waals surface area contributed by atoms with Crippen LogP contribution in [0.15, 0.2) is 70.2 Å². The highest BCUT2D eigenvalue weighted by atomic mass is 79.9. The first-order chi connectivity index (χ1) is 15.5. The lowest BCUT2D eigenvalue weighted by atomic mass is 10.1. The number of benzene rings is 3. The van der Waals surface area contributed by atoms with Gasteiger partial charge in [0, 0.05) is 10.6 Å². The number of ether oxygens (including phenoxy) is 2. The summed E-state index contributed by atoms with van der Waals surface area (Å²) >= 11 is 9.77. The van der Waals surface area contributed by atoms with Gasteiger partial charge in [-0.1, -0.05) is 59.6 Å². The number of hydrazone groups is 1. The summed E-state index contributed by atoms with van der Waals surface area (Å²) in [4.78, 5) is 12.1. The first-order valence-corrected chi connectivity index (χ1v) is 11.3. The maximum absolute atomic E-state index is 12.1. The SMILES string of the molecule is CCOc1cc(/C=N/NC(=O)Cc2ccc(C)cc2)cc(Br)c1OCc1ccccc1Cl. The number of carbonyl (C=O) groups is 1. The lowest BCUT2D eigenvalue weighted by Crippen LogP contribution is -2.19. The Hall–Kier alpha value is -2.83. The van der Waals surface area contributed by atoms with Crippen molar-refractivity contribution >= 4 is 39.7 Å². The summed E-state index contributed by atoms with van der Waals surface area (Å²) in [6.45, 7) is 4.69. The standard InChI is InChI=1S/C25H24BrClN2O3/c1-3-31-23-13-19(15-28-29-24(30)14-18-10-8-17(2)9-11-18)12-21(26)25(23)32-16-20-6-4-5-7-22(20)27/h4-13,15H,3,14,16H2,1-2H3,(H,29,30)/b28-15+. The summed E-state index contributed by atoms with van der Waals surface area (Å²) in [7, 11) is 0. The van der Waals surface area contributed by atoms with Gasteiger partial charge in [-0.2, -0.15) is 5.10 Å². The summed E-state index contributed by atoms with van der Waals surface area (Å²) in [5.41, 5.74) is 6.28. The van der Waals surface area contributed by atoms with Crippen LogP contribution in [0.2, 0.25) is 5.02 Å². The third-order valence-electron chi connectivity index (χ3n) is 4.55. The van der Waals surface area contributed by atoms with Crippen LogP contribution in [0.5, 0.6) is 11.5 Å². The predicted octanol–water partition coefficient (Wildman–Crippen LogP) is 6.08. The average molecular weight is 516 g/mol. The molecule has 0 radical (unpaired) electrons. The molecule has 166 valence electrons. The molecule has 0 saturated carbocycles. The molecule has 0 fully saturated rings. The van der Waals surface area contributed by atoms with Crippen LogP contribution in [-0.2, 0) is 17.8 Å². The number of nitrogens with zero attached hydrogens (tertiary/aromatic N) is 1. The van der Waals surface area contributed by atoms with E-state index < -0.39 is 0 Å². The van der Waals surface area contributed by atoms with E-state index in [1.54, 1.807) is 6.21 Å². The molecular weight excluding hydrogens is 492 g/mol. The number of nitrogens with one attached hydrogen (secondary N) is 1. The van der Waals surface area contributed by atoms with Crippen LogP contribution < -0.4 is 14.9 Å². The van der Waals surface area contributed by atoms with Gasteiger partial charge in [0.1, 0.15) is 6.61 Å². The van der Waals surface area contributed by atoms with E-state index >= 15 is 0 Å². The Morgan fingerprint density at radius 2 is 1.88 bits per heavy atom. The lowest BCUT2D eigenvalue weighted by molar-refractivity contribution is -0.120. The Morgan fingerprint density at radius 1 is 1.12 bits per heavy atom. The molecule has 3 rings (SSSR count). The van der Waals surface area contributed by atoms with Gasteiger partial charge in [-0.05, 0) is 59.1 Å². The van der Waals surface area contributed by atoms with Gasteiger partial charge in [0.05, 0.1) is 23.7 Å². The first-order valence-electron chi connectivity index (χ1n) is 10.2. The Balaban J connectivity index is 1.67. The topological polar surface area (TPSA) is 59.9 Å². The minimum absolute atomic E-state index is 0.186. The van der Waals surface area contributed by atoms with E-state index in [1.165, 1.54) is 0 Å². The molecule has 1 N–H and O–H groups in total. The van der Waals surface area contributed by atoms with Gasteiger partial charge in [-0.3, -0.25) is 4.79 Å². The molecule has 5 nitrogen and oxygen atoms in total. The predicted molar refractivity (Wildman–Crippen MR) is 132 cm³/mol. The van der Waals surface area contributed by atoms with Gasteiger partial charge in [0.25, 0.3) is 0 Å². The highest BCUT2D eigenvalue weighted by molar-refractivity contribution is 9.10. The van der Waals surface area contributed by atoms with Gasteiger partial charge >= 0.3 is 0 Å². The van der Waals surface area contributed by atoms with Crippen LogP contribution in [-0.4, -0.2) is 18.7 Å². The molecule has 0 aliphatic rings. The van der Waals surface area contributed by atoms with E-state index in [2.05, 4.69) is 26.5 Å². The van der Waals surface area contributed by atoms with Gasteiger partial charge in [-0.15, -0.1) is 0 Å². The largest absolute Gasteiger partial charge is 0.490 e. The van der Waals surface area contributed by atoms with E-state index in [4.69, 9.17) is 21.1 Å². The molecule has 0 aliphatic carbocycles. The van der Waals surface area contributed by atoms with Crippen molar-refractivity contribution in [2.45, 2.75) is 26.9 Å². The molecule has 32 heavy (non-hydrogen) atoms. The monoisotopic (exact) mass is 514 g/mol. The van der Waals surface area contributed by atoms with E-state index in [-0.39, 0.29) is 12.3 Å². The summed E-state index contributed by atoms with van der Waals surface area (Å²) in [5, 5.41) is 4.72. The smallest absolute Gasteiger partial charge is 0.244 e. The number of hydrogen-bond acceptors (Lipinski definition) is 4. The fraction of sp³-hybridized carbons (Fsp3) is 0.200. The summed E-state index contributed by atoms with van der Waals surface area (Å²) in [6.07, 6.45) is 1.83. The minimum Gasteiger partial charge on any atom is -0.490 e. The quantitative estimate of drug-likeness (QED) is 0.277. The molecule has 0 unspecified atom stereocenters. The van der Waals surface area contributed by atoms with Crippen molar-refractivity contribution in [3.8, 4) is 11.5 Å². The minimum atomic E-state index is -0.186. The molecule has 0 heterocycles. The maximum Gasteiger partial charge on any atom is 0.244 e. The van der Waals surface area contributed by atoms with Gasteiger partial charge in [0.2, 0.25) is 5.91 Å². The molecule has 3 aromatic rings. The molecule has 0 aliphatic heterocycles. The van der Waals surface area contributed by atoms with Gasteiger partial charge < -0.3 is 9.47 Å². The number of carbonyl (C=O) groups excluding carboxylic acids is 1. The second-order valence-electron chi connectivity index (χ2n) is 7.10. The van der Waals surface area contributed by atoms with Crippen LogP contribution in [0.4, 0.5) is 0 Å². The van der Waals surface area contributed by atoms with Crippen LogP contribution in [0.3, 0.4) is 0 Å². The normalized spacial score (nSPS) is 10.9. The van der Waals surface area contributed by atoms with Crippen molar-refractivity contribution in [3.63, 3.8) is 0 Å². The maximum atomic E-state index is 12.1. The Kier molecular flexibility index (Phi) is 8.71. The van der Waals surface area contributed by atoms with E-state index in [0.717, 1.165) is 22.3 Å². The summed E-state index contributed by atoms with van der Waals surface area (Å²) < 4.78 is 12.5. The molecule has 3 aromatic carbocycles. The van der Waals surface area contributed by atoms with Gasteiger partial charge in [0.15, 0.2) is 11.5 Å². The Morgan fingerprint density at radius 3 is 2.59 bits per heavy atom. The molecular formula is C25H24BrClN2O3. The van der Waals surface area contributed by atoms with Crippen LogP contribution in [0.25, 0.3) is 0 Å². The highest BCUT2D eigenvalue weighted by Crippen LogP contribution is 2.37. The third-order valence-corrected chi connectivity index (χ3v) is 5.51. The molecule has 1 amide bonds. The zero-order chi connectivity index (χ0) is 22.9. The van der Waals surface area contributed by atoms with Crippen molar-refractivity contribution in [1.82, 2.24) is 5.43 Å². The van der Waals surface area contributed by atoms with Crippen molar-refractivity contribution in [2.24, 2.45) is 5.10 Å². The average Bonchev–Trinajstić information content (AvgIpc) is 2.76. The third kappa shape index (κ3) is 6.84. The van der Waals surface area contributed by atoms with Crippen molar-refractivity contribution in [3.05, 3.63) is 92.4 Å².